The molecule has 1 saturated heterocycles. The first-order valence-electron chi connectivity index (χ1n) is 6.83. The number of nitrogens with zero attached hydrogens (tertiary/aromatic N) is 2. The van der Waals surface area contributed by atoms with Crippen LogP contribution in [0.1, 0.15) is 16.6 Å². The van der Waals surface area contributed by atoms with Gasteiger partial charge < -0.3 is 15.5 Å². The molecule has 0 spiro atoms. The average molecular weight is 289 g/mol. The van der Waals surface area contributed by atoms with Gasteiger partial charge in [0.1, 0.15) is 0 Å². The van der Waals surface area contributed by atoms with E-state index in [0.717, 1.165) is 40.3 Å². The number of carbonyl (C=O) groups excluding carboxylic acids is 1. The number of amides is 1. The van der Waals surface area contributed by atoms with Crippen molar-refractivity contribution in [3.63, 3.8) is 0 Å². The molecule has 1 aromatic heterocycles. The van der Waals surface area contributed by atoms with Crippen LogP contribution in [-0.4, -0.2) is 48.4 Å². The number of nitrogen functional groups attached to an aromatic ring is 1. The van der Waals surface area contributed by atoms with Gasteiger partial charge in [0, 0.05) is 36.1 Å². The van der Waals surface area contributed by atoms with E-state index in [0.29, 0.717) is 6.04 Å². The van der Waals surface area contributed by atoms with E-state index in [1.165, 1.54) is 0 Å². The molecule has 1 fully saturated rings. The quantitative estimate of drug-likeness (QED) is 0.819. The van der Waals surface area contributed by atoms with Crippen LogP contribution in [0.3, 0.4) is 0 Å². The minimum absolute atomic E-state index is 0.143. The summed E-state index contributed by atoms with van der Waals surface area (Å²) in [5.41, 5.74) is 6.53. The molecule has 1 amide bonds. The van der Waals surface area contributed by atoms with Crippen molar-refractivity contribution in [2.24, 2.45) is 0 Å². The molecule has 5 heteroatoms. The second kappa shape index (κ2) is 5.07. The lowest BCUT2D eigenvalue weighted by Crippen LogP contribution is -2.51. The highest BCUT2D eigenvalue weighted by Gasteiger charge is 2.26. The molecule has 0 saturated carbocycles. The summed E-state index contributed by atoms with van der Waals surface area (Å²) < 4.78 is 1.12. The Hall–Kier alpha value is -1.59. The van der Waals surface area contributed by atoms with Crippen molar-refractivity contribution in [3.05, 3.63) is 29.1 Å². The molecule has 0 bridgehead atoms. The van der Waals surface area contributed by atoms with Crippen molar-refractivity contribution >= 4 is 33.0 Å². The van der Waals surface area contributed by atoms with Gasteiger partial charge in [-0.05, 0) is 43.6 Å². The maximum atomic E-state index is 12.6. The van der Waals surface area contributed by atoms with Gasteiger partial charge in [0.2, 0.25) is 0 Å². The zero-order chi connectivity index (χ0) is 14.3. The van der Waals surface area contributed by atoms with Gasteiger partial charge in [0.05, 0.1) is 4.88 Å². The van der Waals surface area contributed by atoms with Crippen LogP contribution in [0, 0.1) is 0 Å². The van der Waals surface area contributed by atoms with Crippen LogP contribution in [0.5, 0.6) is 0 Å². The second-order valence-corrected chi connectivity index (χ2v) is 6.57. The summed E-state index contributed by atoms with van der Waals surface area (Å²) in [7, 11) is 2.11. The first-order chi connectivity index (χ1) is 9.54. The minimum Gasteiger partial charge on any atom is -0.399 e. The van der Waals surface area contributed by atoms with Gasteiger partial charge in [-0.15, -0.1) is 11.3 Å². The zero-order valence-electron chi connectivity index (χ0n) is 11.8. The number of piperazine rings is 1. The molecular weight excluding hydrogens is 270 g/mol. The van der Waals surface area contributed by atoms with Crippen molar-refractivity contribution in [2.45, 2.75) is 13.0 Å². The number of hydrogen-bond acceptors (Lipinski definition) is 4. The lowest BCUT2D eigenvalue weighted by molar-refractivity contribution is 0.0577. The molecule has 1 atom stereocenters. The van der Waals surface area contributed by atoms with Gasteiger partial charge in [-0.1, -0.05) is 0 Å². The van der Waals surface area contributed by atoms with E-state index in [-0.39, 0.29) is 5.91 Å². The molecule has 1 aliphatic heterocycles. The lowest BCUT2D eigenvalue weighted by Gasteiger charge is -2.37. The van der Waals surface area contributed by atoms with Gasteiger partial charge in [0.15, 0.2) is 0 Å². The molecule has 1 aromatic carbocycles. The molecule has 2 N–H and O–H groups in total. The van der Waals surface area contributed by atoms with E-state index in [9.17, 15) is 4.79 Å². The first-order valence-corrected chi connectivity index (χ1v) is 7.65. The number of fused-ring (bicyclic) bond motifs is 1. The van der Waals surface area contributed by atoms with Crippen molar-refractivity contribution in [2.75, 3.05) is 32.4 Å². The zero-order valence-corrected chi connectivity index (χ0v) is 12.6. The Morgan fingerprint density at radius 3 is 2.90 bits per heavy atom. The van der Waals surface area contributed by atoms with Crippen LogP contribution in [0.15, 0.2) is 24.3 Å². The van der Waals surface area contributed by atoms with Gasteiger partial charge in [0.25, 0.3) is 5.91 Å². The van der Waals surface area contributed by atoms with Crippen molar-refractivity contribution < 1.29 is 4.79 Å². The van der Waals surface area contributed by atoms with E-state index >= 15 is 0 Å². The Kier molecular flexibility index (Phi) is 3.40. The molecule has 106 valence electrons. The third-order valence-corrected chi connectivity index (χ3v) is 5.10. The molecule has 2 heterocycles. The van der Waals surface area contributed by atoms with Crippen LogP contribution in [-0.2, 0) is 0 Å². The molecule has 1 aliphatic rings. The van der Waals surface area contributed by atoms with Crippen molar-refractivity contribution in [3.8, 4) is 0 Å². The van der Waals surface area contributed by atoms with Gasteiger partial charge in [-0.2, -0.15) is 0 Å². The Morgan fingerprint density at radius 2 is 2.15 bits per heavy atom. The van der Waals surface area contributed by atoms with E-state index in [4.69, 9.17) is 5.73 Å². The smallest absolute Gasteiger partial charge is 0.264 e. The molecular formula is C15H19N3OS. The minimum atomic E-state index is 0.143. The summed E-state index contributed by atoms with van der Waals surface area (Å²) in [6, 6.07) is 8.17. The Balaban J connectivity index is 1.85. The fraction of sp³-hybridized carbons (Fsp3) is 0.400. The standard InChI is InChI=1S/C15H19N3OS/c1-10-9-18(6-5-17(10)2)15(19)14-8-11-7-12(16)3-4-13(11)20-14/h3-4,7-8,10H,5-6,9,16H2,1-2H3. The summed E-state index contributed by atoms with van der Waals surface area (Å²) in [5.74, 6) is 0.143. The highest BCUT2D eigenvalue weighted by Crippen LogP contribution is 2.28. The summed E-state index contributed by atoms with van der Waals surface area (Å²) in [6.07, 6.45) is 0. The van der Waals surface area contributed by atoms with Gasteiger partial charge >= 0.3 is 0 Å². The first kappa shape index (κ1) is 13.4. The maximum absolute atomic E-state index is 12.6. The fourth-order valence-electron chi connectivity index (χ4n) is 2.56. The summed E-state index contributed by atoms with van der Waals surface area (Å²) in [4.78, 5) is 17.6. The average Bonchev–Trinajstić information content (AvgIpc) is 2.84. The number of likely N-dealkylation sites (N-methyl/N-ethyl adjacent to an activating group) is 1. The van der Waals surface area contributed by atoms with E-state index < -0.39 is 0 Å². The van der Waals surface area contributed by atoms with E-state index in [1.54, 1.807) is 11.3 Å². The normalized spacial score (nSPS) is 20.5. The highest BCUT2D eigenvalue weighted by molar-refractivity contribution is 7.20. The molecule has 3 rings (SSSR count). The summed E-state index contributed by atoms with van der Waals surface area (Å²) in [5, 5.41) is 1.06. The largest absolute Gasteiger partial charge is 0.399 e. The highest BCUT2D eigenvalue weighted by atomic mass is 32.1. The van der Waals surface area contributed by atoms with Crippen molar-refractivity contribution in [1.82, 2.24) is 9.80 Å². The molecule has 4 nitrogen and oxygen atoms in total. The predicted molar refractivity (Wildman–Crippen MR) is 84.2 cm³/mol. The van der Waals surface area contributed by atoms with Crippen LogP contribution < -0.4 is 5.73 Å². The Labute approximate surface area is 122 Å². The number of hydrogen-bond donors (Lipinski definition) is 1. The number of carbonyl (C=O) groups is 1. The maximum Gasteiger partial charge on any atom is 0.264 e. The van der Waals surface area contributed by atoms with Crippen LogP contribution in [0.2, 0.25) is 0 Å². The third kappa shape index (κ3) is 2.39. The Bertz CT molecular complexity index is 652. The number of rotatable bonds is 1. The number of anilines is 1. The number of nitrogens with two attached hydrogens (primary N) is 1. The second-order valence-electron chi connectivity index (χ2n) is 5.49. The van der Waals surface area contributed by atoms with Crippen LogP contribution in [0.25, 0.3) is 10.1 Å². The fourth-order valence-corrected chi connectivity index (χ4v) is 3.57. The van der Waals surface area contributed by atoms with E-state index in [1.807, 2.05) is 29.2 Å². The monoisotopic (exact) mass is 289 g/mol. The molecule has 20 heavy (non-hydrogen) atoms. The molecule has 0 aliphatic carbocycles. The van der Waals surface area contributed by atoms with Gasteiger partial charge in [-0.3, -0.25) is 4.79 Å². The van der Waals surface area contributed by atoms with Crippen LogP contribution in [0.4, 0.5) is 5.69 Å². The van der Waals surface area contributed by atoms with E-state index in [2.05, 4.69) is 18.9 Å². The SMILES string of the molecule is CC1CN(C(=O)c2cc3cc(N)ccc3s2)CCN1C. The third-order valence-electron chi connectivity index (χ3n) is 4.00. The molecule has 2 aromatic rings. The molecule has 0 radical (unpaired) electrons. The topological polar surface area (TPSA) is 49.6 Å². The number of benzene rings is 1. The lowest BCUT2D eigenvalue weighted by atomic mass is 10.2. The summed E-state index contributed by atoms with van der Waals surface area (Å²) >= 11 is 1.55. The van der Waals surface area contributed by atoms with Crippen molar-refractivity contribution in [1.29, 1.82) is 0 Å². The van der Waals surface area contributed by atoms with Crippen LogP contribution >= 0.6 is 11.3 Å². The summed E-state index contributed by atoms with van der Waals surface area (Å²) in [6.45, 7) is 4.69. The Morgan fingerprint density at radius 1 is 1.35 bits per heavy atom. The number of thiophene rings is 1. The molecule has 1 unspecified atom stereocenters. The predicted octanol–water partition coefficient (Wildman–Crippen LogP) is 2.26. The van der Waals surface area contributed by atoms with Gasteiger partial charge in [-0.25, -0.2) is 0 Å².